The van der Waals surface area contributed by atoms with Gasteiger partial charge >= 0.3 is 0 Å². The van der Waals surface area contributed by atoms with Gasteiger partial charge in [-0.3, -0.25) is 4.79 Å². The van der Waals surface area contributed by atoms with E-state index >= 15 is 0 Å². The van der Waals surface area contributed by atoms with Gasteiger partial charge in [0.25, 0.3) is 0 Å². The third-order valence-corrected chi connectivity index (χ3v) is 3.91. The van der Waals surface area contributed by atoms with E-state index in [1.165, 1.54) is 12.8 Å². The Hall–Kier alpha value is -0.0800. The van der Waals surface area contributed by atoms with Crippen LogP contribution in [0.5, 0.6) is 0 Å². The summed E-state index contributed by atoms with van der Waals surface area (Å²) in [5.41, 5.74) is 0. The zero-order chi connectivity index (χ0) is 12.8. The number of carbonyl (C=O) groups excluding carboxylic acids is 1. The monoisotopic (exact) mass is 260 g/mol. The molecule has 0 heterocycles. The van der Waals surface area contributed by atoms with Crippen molar-refractivity contribution in [1.29, 1.82) is 0 Å². The lowest BCUT2D eigenvalue weighted by Gasteiger charge is -2.30. The molecule has 1 fully saturated rings. The van der Waals surface area contributed by atoms with E-state index in [9.17, 15) is 4.79 Å². The van der Waals surface area contributed by atoms with Crippen LogP contribution in [0.15, 0.2) is 0 Å². The predicted molar refractivity (Wildman–Crippen MR) is 71.2 cm³/mol. The van der Waals surface area contributed by atoms with Gasteiger partial charge in [0, 0.05) is 6.61 Å². The van der Waals surface area contributed by atoms with Crippen molar-refractivity contribution >= 4 is 16.8 Å². The van der Waals surface area contributed by atoms with Gasteiger partial charge in [0.05, 0.1) is 12.0 Å². The van der Waals surface area contributed by atoms with Gasteiger partial charge in [-0.05, 0) is 49.6 Å². The summed E-state index contributed by atoms with van der Waals surface area (Å²) in [6.07, 6.45) is 5.65. The molecule has 100 valence electrons. The lowest BCUT2D eigenvalue weighted by molar-refractivity contribution is -0.123. The first-order valence-corrected chi connectivity index (χ1v) is 7.25. The second-order valence-electron chi connectivity index (χ2n) is 5.50. The van der Waals surface area contributed by atoms with E-state index in [0.29, 0.717) is 18.4 Å². The minimum atomic E-state index is -0.198. The Balaban J connectivity index is 2.72. The van der Waals surface area contributed by atoms with Crippen LogP contribution in [-0.4, -0.2) is 18.0 Å². The van der Waals surface area contributed by atoms with Crippen LogP contribution in [0, 0.1) is 17.8 Å². The topological polar surface area (TPSA) is 26.3 Å². The molecule has 2 nitrogen and oxygen atoms in total. The fourth-order valence-corrected chi connectivity index (χ4v) is 3.27. The third kappa shape index (κ3) is 4.59. The highest BCUT2D eigenvalue weighted by Crippen LogP contribution is 2.37. The molecular formula is C14H25ClO2. The van der Waals surface area contributed by atoms with Crippen LogP contribution < -0.4 is 0 Å². The lowest BCUT2D eigenvalue weighted by atomic mass is 9.84. The SMILES string of the molecule is CCOC(CC(C)C)C(C(=O)Cl)C1CCCC1. The molecule has 0 radical (unpaired) electrons. The van der Waals surface area contributed by atoms with Gasteiger partial charge in [-0.2, -0.15) is 0 Å². The average Bonchev–Trinajstić information content (AvgIpc) is 2.70. The van der Waals surface area contributed by atoms with Gasteiger partial charge in [0.15, 0.2) is 0 Å². The number of hydrogen-bond acceptors (Lipinski definition) is 2. The van der Waals surface area contributed by atoms with E-state index in [1.807, 2.05) is 6.92 Å². The number of ether oxygens (including phenoxy) is 1. The number of carbonyl (C=O) groups is 1. The van der Waals surface area contributed by atoms with Crippen LogP contribution in [-0.2, 0) is 9.53 Å². The summed E-state index contributed by atoms with van der Waals surface area (Å²) in [6, 6.07) is 0. The highest BCUT2D eigenvalue weighted by atomic mass is 35.5. The van der Waals surface area contributed by atoms with Gasteiger partial charge in [0.1, 0.15) is 0 Å². The fraction of sp³-hybridized carbons (Fsp3) is 0.929. The number of halogens is 1. The molecule has 1 aliphatic rings. The number of rotatable bonds is 7. The minimum absolute atomic E-state index is 0.00750. The van der Waals surface area contributed by atoms with E-state index in [4.69, 9.17) is 16.3 Å². The standard InChI is InChI=1S/C14H25ClO2/c1-4-17-12(9-10(2)3)13(14(15)16)11-7-5-6-8-11/h10-13H,4-9H2,1-3H3. The predicted octanol–water partition coefficient (Wildman–Crippen LogP) is 4.01. The van der Waals surface area contributed by atoms with Crippen molar-refractivity contribution < 1.29 is 9.53 Å². The zero-order valence-electron chi connectivity index (χ0n) is 11.2. The maximum absolute atomic E-state index is 11.7. The Kier molecular flexibility index (Phi) is 6.50. The molecule has 2 atom stereocenters. The first-order valence-electron chi connectivity index (χ1n) is 6.87. The molecule has 2 unspecified atom stereocenters. The summed E-state index contributed by atoms with van der Waals surface area (Å²) >= 11 is 5.82. The van der Waals surface area contributed by atoms with Gasteiger partial charge in [-0.25, -0.2) is 0 Å². The van der Waals surface area contributed by atoms with E-state index in [-0.39, 0.29) is 17.3 Å². The molecule has 17 heavy (non-hydrogen) atoms. The van der Waals surface area contributed by atoms with Gasteiger partial charge in [-0.1, -0.05) is 26.7 Å². The Morgan fingerprint density at radius 3 is 2.35 bits per heavy atom. The molecule has 0 amide bonds. The summed E-state index contributed by atoms with van der Waals surface area (Å²) in [4.78, 5) is 11.7. The highest BCUT2D eigenvalue weighted by Gasteiger charge is 2.36. The van der Waals surface area contributed by atoms with Crippen LogP contribution >= 0.6 is 11.6 Å². The van der Waals surface area contributed by atoms with Crippen molar-refractivity contribution in [3.63, 3.8) is 0 Å². The van der Waals surface area contributed by atoms with Crippen LogP contribution in [0.3, 0.4) is 0 Å². The molecule has 0 aromatic heterocycles. The van der Waals surface area contributed by atoms with Crippen LogP contribution in [0.1, 0.15) is 52.9 Å². The number of hydrogen-bond donors (Lipinski definition) is 0. The Bertz CT molecular complexity index is 234. The van der Waals surface area contributed by atoms with Gasteiger partial charge in [0.2, 0.25) is 5.24 Å². The van der Waals surface area contributed by atoms with E-state index in [0.717, 1.165) is 19.3 Å². The molecule has 0 aliphatic heterocycles. The summed E-state index contributed by atoms with van der Waals surface area (Å²) in [5, 5.41) is -0.198. The summed E-state index contributed by atoms with van der Waals surface area (Å²) in [5.74, 6) is 0.878. The van der Waals surface area contributed by atoms with Crippen molar-refractivity contribution in [3.8, 4) is 0 Å². The summed E-state index contributed by atoms with van der Waals surface area (Å²) in [6.45, 7) is 6.97. The molecule has 3 heteroatoms. The van der Waals surface area contributed by atoms with Crippen molar-refractivity contribution in [2.45, 2.75) is 59.0 Å². The molecule has 0 bridgehead atoms. The minimum Gasteiger partial charge on any atom is -0.378 e. The normalized spacial score (nSPS) is 20.8. The molecular weight excluding hydrogens is 236 g/mol. The van der Waals surface area contributed by atoms with Crippen molar-refractivity contribution in [2.75, 3.05) is 6.61 Å². The maximum Gasteiger partial charge on any atom is 0.227 e. The Morgan fingerprint density at radius 2 is 1.94 bits per heavy atom. The molecule has 1 aliphatic carbocycles. The molecule has 1 rings (SSSR count). The zero-order valence-corrected chi connectivity index (χ0v) is 12.0. The third-order valence-electron chi connectivity index (χ3n) is 3.65. The summed E-state index contributed by atoms with van der Waals surface area (Å²) < 4.78 is 5.78. The quantitative estimate of drug-likeness (QED) is 0.647. The molecule has 0 spiro atoms. The largest absolute Gasteiger partial charge is 0.378 e. The fourth-order valence-electron chi connectivity index (χ4n) is 2.95. The van der Waals surface area contributed by atoms with Crippen LogP contribution in [0.4, 0.5) is 0 Å². The van der Waals surface area contributed by atoms with Crippen LogP contribution in [0.2, 0.25) is 0 Å². The van der Waals surface area contributed by atoms with E-state index < -0.39 is 0 Å². The molecule has 0 aromatic rings. The smallest absolute Gasteiger partial charge is 0.227 e. The van der Waals surface area contributed by atoms with Gasteiger partial charge < -0.3 is 4.74 Å². The Labute approximate surface area is 110 Å². The average molecular weight is 261 g/mol. The van der Waals surface area contributed by atoms with Crippen molar-refractivity contribution in [3.05, 3.63) is 0 Å². The van der Waals surface area contributed by atoms with Crippen molar-refractivity contribution in [1.82, 2.24) is 0 Å². The lowest BCUT2D eigenvalue weighted by Crippen LogP contribution is -2.34. The van der Waals surface area contributed by atoms with Gasteiger partial charge in [-0.15, -0.1) is 0 Å². The Morgan fingerprint density at radius 1 is 1.35 bits per heavy atom. The second kappa shape index (κ2) is 7.38. The highest BCUT2D eigenvalue weighted by molar-refractivity contribution is 6.64. The molecule has 0 saturated heterocycles. The van der Waals surface area contributed by atoms with Crippen LogP contribution in [0.25, 0.3) is 0 Å². The first-order chi connectivity index (χ1) is 8.06. The van der Waals surface area contributed by atoms with E-state index in [1.54, 1.807) is 0 Å². The molecule has 0 aromatic carbocycles. The maximum atomic E-state index is 11.7. The second-order valence-corrected chi connectivity index (χ2v) is 5.87. The van der Waals surface area contributed by atoms with Crippen molar-refractivity contribution in [2.24, 2.45) is 17.8 Å². The van der Waals surface area contributed by atoms with E-state index in [2.05, 4.69) is 13.8 Å². The summed E-state index contributed by atoms with van der Waals surface area (Å²) in [7, 11) is 0. The molecule has 0 N–H and O–H groups in total. The first kappa shape index (κ1) is 15.0. The molecule has 1 saturated carbocycles.